The summed E-state index contributed by atoms with van der Waals surface area (Å²) >= 11 is 0. The number of carbonyl (C=O) groups is 1. The first-order valence-corrected chi connectivity index (χ1v) is 8.22. The number of amides is 1. The van der Waals surface area contributed by atoms with Crippen molar-refractivity contribution in [1.29, 1.82) is 5.41 Å². The zero-order valence-corrected chi connectivity index (χ0v) is 15.2. The van der Waals surface area contributed by atoms with E-state index in [4.69, 9.17) is 5.41 Å². The van der Waals surface area contributed by atoms with Gasteiger partial charge in [0.25, 0.3) is 5.91 Å². The average Bonchev–Trinajstić information content (AvgIpc) is 2.61. The van der Waals surface area contributed by atoms with E-state index in [0.717, 1.165) is 17.3 Å². The molecule has 1 heterocycles. The van der Waals surface area contributed by atoms with E-state index in [2.05, 4.69) is 15.6 Å². The second kappa shape index (κ2) is 8.07. The highest BCUT2D eigenvalue weighted by atomic mass is 19.3. The lowest BCUT2D eigenvalue weighted by molar-refractivity contribution is -0.143. The molecule has 9 heteroatoms. The first-order chi connectivity index (χ1) is 12.6. The molecule has 0 bridgehead atoms. The van der Waals surface area contributed by atoms with Gasteiger partial charge in [-0.05, 0) is 24.6 Å². The molecule has 27 heavy (non-hydrogen) atoms. The molecule has 144 valence electrons. The maximum Gasteiger partial charge on any atom is 0.347 e. The van der Waals surface area contributed by atoms with Gasteiger partial charge in [0.05, 0.1) is 0 Å². The maximum atomic E-state index is 12.9. The molecule has 7 nitrogen and oxygen atoms in total. The van der Waals surface area contributed by atoms with Crippen LogP contribution in [0.2, 0.25) is 0 Å². The van der Waals surface area contributed by atoms with Gasteiger partial charge >= 0.3 is 11.6 Å². The number of nitrogens with one attached hydrogen (secondary N) is 3. The molecule has 0 spiro atoms. The molecule has 1 aromatic carbocycles. The predicted octanol–water partition coefficient (Wildman–Crippen LogP) is 2.02. The molecule has 0 aliphatic carbocycles. The molecule has 0 saturated carbocycles. The standard InChI is InChI=1S/C18H21F2N5O2/c1-11(24-16(26)18(2,19)20)8-22-15-5-4-12(6-13(15)7-21)14-9-23-17(27)25(3)10-14/h4-7,9-11,21-22H,8H2,1-3H3,(H,24,26). The Morgan fingerprint density at radius 3 is 2.70 bits per heavy atom. The van der Waals surface area contributed by atoms with Crippen LogP contribution in [0.5, 0.6) is 0 Å². The number of aromatic nitrogens is 2. The Hall–Kier alpha value is -3.10. The van der Waals surface area contributed by atoms with Gasteiger partial charge in [0.2, 0.25) is 0 Å². The maximum absolute atomic E-state index is 12.9. The molecule has 2 rings (SSSR count). The average molecular weight is 377 g/mol. The molecule has 1 aromatic heterocycles. The quantitative estimate of drug-likeness (QED) is 0.643. The second-order valence-corrected chi connectivity index (χ2v) is 6.33. The van der Waals surface area contributed by atoms with Crippen molar-refractivity contribution in [2.75, 3.05) is 11.9 Å². The lowest BCUT2D eigenvalue weighted by Gasteiger charge is -2.19. The summed E-state index contributed by atoms with van der Waals surface area (Å²) in [5, 5.41) is 12.9. The third kappa shape index (κ3) is 5.19. The zero-order valence-electron chi connectivity index (χ0n) is 15.2. The van der Waals surface area contributed by atoms with Crippen molar-refractivity contribution in [2.45, 2.75) is 25.8 Å². The van der Waals surface area contributed by atoms with Crippen molar-refractivity contribution in [2.24, 2.45) is 7.05 Å². The summed E-state index contributed by atoms with van der Waals surface area (Å²) in [5.41, 5.74) is 2.32. The number of hydrogen-bond donors (Lipinski definition) is 3. The Labute approximate surface area is 154 Å². The molecule has 1 atom stereocenters. The van der Waals surface area contributed by atoms with Crippen LogP contribution in [0, 0.1) is 5.41 Å². The lowest BCUT2D eigenvalue weighted by Crippen LogP contribution is -2.45. The van der Waals surface area contributed by atoms with Gasteiger partial charge in [-0.1, -0.05) is 6.07 Å². The Balaban J connectivity index is 2.12. The number of aryl methyl sites for hydroxylation is 1. The van der Waals surface area contributed by atoms with Crippen LogP contribution in [-0.2, 0) is 11.8 Å². The first-order valence-electron chi connectivity index (χ1n) is 8.22. The fraction of sp³-hybridized carbons (Fsp3) is 0.333. The minimum Gasteiger partial charge on any atom is -0.382 e. The van der Waals surface area contributed by atoms with Gasteiger partial charge in [-0.2, -0.15) is 8.78 Å². The number of rotatable bonds is 7. The van der Waals surface area contributed by atoms with Gasteiger partial charge in [-0.15, -0.1) is 0 Å². The van der Waals surface area contributed by atoms with Gasteiger partial charge < -0.3 is 20.6 Å². The SMILES string of the molecule is CC(CNc1ccc(-c2cnc(=O)n(C)c2)cc1C=N)NC(=O)C(C)(F)F. The van der Waals surface area contributed by atoms with E-state index in [0.29, 0.717) is 18.2 Å². The summed E-state index contributed by atoms with van der Waals surface area (Å²) in [5.74, 6) is -4.76. The topological polar surface area (TPSA) is 99.9 Å². The van der Waals surface area contributed by atoms with Gasteiger partial charge in [0, 0.05) is 62.0 Å². The highest BCUT2D eigenvalue weighted by Crippen LogP contribution is 2.23. The highest BCUT2D eigenvalue weighted by Gasteiger charge is 2.32. The Kier molecular flexibility index (Phi) is 6.04. The van der Waals surface area contributed by atoms with E-state index in [1.54, 1.807) is 38.4 Å². The summed E-state index contributed by atoms with van der Waals surface area (Å²) < 4.78 is 27.2. The highest BCUT2D eigenvalue weighted by molar-refractivity contribution is 5.88. The Morgan fingerprint density at radius 2 is 2.11 bits per heavy atom. The molecule has 2 aromatic rings. The number of carbonyl (C=O) groups excluding carboxylic acids is 1. The van der Waals surface area contributed by atoms with Crippen molar-refractivity contribution in [3.05, 3.63) is 46.6 Å². The summed E-state index contributed by atoms with van der Waals surface area (Å²) in [6, 6.07) is 4.75. The number of halogens is 2. The summed E-state index contributed by atoms with van der Waals surface area (Å²) in [4.78, 5) is 26.5. The van der Waals surface area contributed by atoms with Crippen LogP contribution in [0.4, 0.5) is 14.5 Å². The number of alkyl halides is 2. The molecule has 0 radical (unpaired) electrons. The van der Waals surface area contributed by atoms with Gasteiger partial charge in [0.1, 0.15) is 0 Å². The third-order valence-electron chi connectivity index (χ3n) is 3.86. The molecular formula is C18H21F2N5O2. The molecule has 0 saturated heterocycles. The molecule has 0 fully saturated rings. The van der Waals surface area contributed by atoms with E-state index in [9.17, 15) is 18.4 Å². The number of benzene rings is 1. The van der Waals surface area contributed by atoms with E-state index in [-0.39, 0.29) is 12.2 Å². The van der Waals surface area contributed by atoms with Crippen LogP contribution in [0.25, 0.3) is 11.1 Å². The minimum absolute atomic E-state index is 0.212. The van der Waals surface area contributed by atoms with E-state index in [1.165, 1.54) is 10.8 Å². The van der Waals surface area contributed by atoms with Crippen molar-refractivity contribution < 1.29 is 13.6 Å². The van der Waals surface area contributed by atoms with Crippen molar-refractivity contribution in [3.8, 4) is 11.1 Å². The number of hydrogen-bond acceptors (Lipinski definition) is 5. The molecule has 1 amide bonds. The smallest absolute Gasteiger partial charge is 0.347 e. The minimum atomic E-state index is -3.43. The summed E-state index contributed by atoms with van der Waals surface area (Å²) in [7, 11) is 1.60. The first kappa shape index (κ1) is 20.2. The monoisotopic (exact) mass is 377 g/mol. The van der Waals surface area contributed by atoms with Crippen molar-refractivity contribution >= 4 is 17.8 Å². The van der Waals surface area contributed by atoms with Gasteiger partial charge in [-0.25, -0.2) is 9.78 Å². The normalized spacial score (nSPS) is 12.3. The van der Waals surface area contributed by atoms with Crippen LogP contribution in [0.1, 0.15) is 19.4 Å². The van der Waals surface area contributed by atoms with E-state index < -0.39 is 17.9 Å². The fourth-order valence-electron chi connectivity index (χ4n) is 2.35. The molecule has 1 unspecified atom stereocenters. The summed E-state index contributed by atoms with van der Waals surface area (Å²) in [6.07, 6.45) is 4.26. The van der Waals surface area contributed by atoms with Crippen LogP contribution >= 0.6 is 0 Å². The van der Waals surface area contributed by atoms with Gasteiger partial charge in [0.15, 0.2) is 0 Å². The fourth-order valence-corrected chi connectivity index (χ4v) is 2.35. The van der Waals surface area contributed by atoms with Crippen LogP contribution in [0.3, 0.4) is 0 Å². The van der Waals surface area contributed by atoms with E-state index in [1.807, 2.05) is 0 Å². The summed E-state index contributed by atoms with van der Waals surface area (Å²) in [6.45, 7) is 2.36. The second-order valence-electron chi connectivity index (χ2n) is 6.33. The number of anilines is 1. The Morgan fingerprint density at radius 1 is 1.41 bits per heavy atom. The van der Waals surface area contributed by atoms with Crippen molar-refractivity contribution in [1.82, 2.24) is 14.9 Å². The van der Waals surface area contributed by atoms with Crippen molar-refractivity contribution in [3.63, 3.8) is 0 Å². The van der Waals surface area contributed by atoms with Crippen LogP contribution < -0.4 is 16.3 Å². The van der Waals surface area contributed by atoms with E-state index >= 15 is 0 Å². The molecule has 0 aliphatic heterocycles. The van der Waals surface area contributed by atoms with Crippen LogP contribution in [-0.4, -0.2) is 40.2 Å². The molecule has 0 aliphatic rings. The lowest BCUT2D eigenvalue weighted by atomic mass is 10.0. The van der Waals surface area contributed by atoms with Crippen LogP contribution in [0.15, 0.2) is 35.4 Å². The largest absolute Gasteiger partial charge is 0.382 e. The number of nitrogens with zero attached hydrogens (tertiary/aromatic N) is 2. The zero-order chi connectivity index (χ0) is 20.2. The third-order valence-corrected chi connectivity index (χ3v) is 3.86. The molecule has 3 N–H and O–H groups in total. The molecular weight excluding hydrogens is 356 g/mol. The Bertz CT molecular complexity index is 905. The predicted molar refractivity (Wildman–Crippen MR) is 99.5 cm³/mol. The van der Waals surface area contributed by atoms with Gasteiger partial charge in [-0.3, -0.25) is 4.79 Å².